The Balaban J connectivity index is 2.20. The van der Waals surface area contributed by atoms with Crippen LogP contribution >= 0.6 is 0 Å². The van der Waals surface area contributed by atoms with Crippen molar-refractivity contribution in [2.75, 3.05) is 11.9 Å². The lowest BCUT2D eigenvalue weighted by atomic mass is 10.1. The van der Waals surface area contributed by atoms with Crippen molar-refractivity contribution in [2.24, 2.45) is 0 Å². The number of halogens is 1. The molecule has 0 saturated carbocycles. The van der Waals surface area contributed by atoms with Crippen molar-refractivity contribution in [3.05, 3.63) is 53.2 Å². The highest BCUT2D eigenvalue weighted by Crippen LogP contribution is 2.24. The standard InChI is InChI=1S/C15H18FNO2/c1-10(18)12-4-5-15(14(16)8-12)17(3)9-13-6-7-19-11(13)2/h4-8,10,18H,9H2,1-3H3. The molecule has 1 N–H and O–H groups in total. The maximum Gasteiger partial charge on any atom is 0.146 e. The van der Waals surface area contributed by atoms with E-state index in [1.807, 2.05) is 24.9 Å². The summed E-state index contributed by atoms with van der Waals surface area (Å²) in [6.45, 7) is 4.08. The fourth-order valence-corrected chi connectivity index (χ4v) is 2.01. The second-order valence-corrected chi connectivity index (χ2v) is 4.74. The molecule has 0 aliphatic heterocycles. The number of aliphatic hydroxyl groups is 1. The minimum Gasteiger partial charge on any atom is -0.469 e. The van der Waals surface area contributed by atoms with E-state index in [1.54, 1.807) is 25.3 Å². The number of aryl methyl sites for hydroxylation is 1. The predicted molar refractivity (Wildman–Crippen MR) is 72.6 cm³/mol. The van der Waals surface area contributed by atoms with Gasteiger partial charge in [0.1, 0.15) is 11.6 Å². The highest BCUT2D eigenvalue weighted by molar-refractivity contribution is 5.49. The van der Waals surface area contributed by atoms with Gasteiger partial charge in [0.2, 0.25) is 0 Å². The number of hydrogen-bond donors (Lipinski definition) is 1. The molecular formula is C15H18FNO2. The summed E-state index contributed by atoms with van der Waals surface area (Å²) < 4.78 is 19.2. The Morgan fingerprint density at radius 3 is 2.63 bits per heavy atom. The summed E-state index contributed by atoms with van der Waals surface area (Å²) in [4.78, 5) is 1.82. The van der Waals surface area contributed by atoms with Gasteiger partial charge in [-0.15, -0.1) is 0 Å². The molecule has 1 atom stereocenters. The maximum absolute atomic E-state index is 14.0. The normalized spacial score (nSPS) is 12.5. The molecule has 1 aromatic carbocycles. The Labute approximate surface area is 112 Å². The number of benzene rings is 1. The van der Waals surface area contributed by atoms with Gasteiger partial charge in [-0.3, -0.25) is 0 Å². The third-order valence-corrected chi connectivity index (χ3v) is 3.24. The lowest BCUT2D eigenvalue weighted by Crippen LogP contribution is -2.18. The van der Waals surface area contributed by atoms with Gasteiger partial charge in [-0.2, -0.15) is 0 Å². The Kier molecular flexibility index (Phi) is 3.90. The molecule has 0 bridgehead atoms. The molecule has 2 rings (SSSR count). The van der Waals surface area contributed by atoms with Crippen LogP contribution in [0.3, 0.4) is 0 Å². The van der Waals surface area contributed by atoms with Gasteiger partial charge in [0.25, 0.3) is 0 Å². The van der Waals surface area contributed by atoms with Crippen molar-refractivity contribution >= 4 is 5.69 Å². The number of furan rings is 1. The van der Waals surface area contributed by atoms with Crippen molar-refractivity contribution < 1.29 is 13.9 Å². The van der Waals surface area contributed by atoms with Gasteiger partial charge in [-0.25, -0.2) is 4.39 Å². The molecule has 19 heavy (non-hydrogen) atoms. The van der Waals surface area contributed by atoms with Crippen LogP contribution in [0.1, 0.15) is 29.9 Å². The summed E-state index contributed by atoms with van der Waals surface area (Å²) in [5, 5.41) is 9.43. The zero-order chi connectivity index (χ0) is 14.0. The van der Waals surface area contributed by atoms with Gasteiger partial charge in [0.15, 0.2) is 0 Å². The monoisotopic (exact) mass is 263 g/mol. The van der Waals surface area contributed by atoms with Crippen LogP contribution in [-0.4, -0.2) is 12.2 Å². The first-order valence-electron chi connectivity index (χ1n) is 6.20. The van der Waals surface area contributed by atoms with E-state index in [1.165, 1.54) is 6.07 Å². The summed E-state index contributed by atoms with van der Waals surface area (Å²) in [6, 6.07) is 6.68. The SMILES string of the molecule is Cc1occc1CN(C)c1ccc(C(C)O)cc1F. The summed E-state index contributed by atoms with van der Waals surface area (Å²) in [6.07, 6.45) is 0.968. The van der Waals surface area contributed by atoms with Crippen LogP contribution in [-0.2, 0) is 6.54 Å². The highest BCUT2D eigenvalue weighted by Gasteiger charge is 2.12. The van der Waals surface area contributed by atoms with Gasteiger partial charge >= 0.3 is 0 Å². The molecule has 1 unspecified atom stereocenters. The van der Waals surface area contributed by atoms with Crippen LogP contribution in [0, 0.1) is 12.7 Å². The van der Waals surface area contributed by atoms with E-state index in [9.17, 15) is 9.50 Å². The Hall–Kier alpha value is -1.81. The smallest absolute Gasteiger partial charge is 0.146 e. The van der Waals surface area contributed by atoms with Gasteiger partial charge in [0, 0.05) is 19.2 Å². The van der Waals surface area contributed by atoms with Crippen molar-refractivity contribution in [3.8, 4) is 0 Å². The third-order valence-electron chi connectivity index (χ3n) is 3.24. The maximum atomic E-state index is 14.0. The van der Waals surface area contributed by atoms with Crippen molar-refractivity contribution in [2.45, 2.75) is 26.5 Å². The summed E-state index contributed by atoms with van der Waals surface area (Å²) >= 11 is 0. The largest absolute Gasteiger partial charge is 0.469 e. The summed E-state index contributed by atoms with van der Waals surface area (Å²) in [7, 11) is 1.83. The van der Waals surface area contributed by atoms with Crippen LogP contribution in [0.4, 0.5) is 10.1 Å². The number of hydrogen-bond acceptors (Lipinski definition) is 3. The summed E-state index contributed by atoms with van der Waals surface area (Å²) in [5.74, 6) is 0.509. The second kappa shape index (κ2) is 5.45. The average Bonchev–Trinajstić information content (AvgIpc) is 2.74. The Morgan fingerprint density at radius 2 is 2.11 bits per heavy atom. The number of nitrogens with zero attached hydrogens (tertiary/aromatic N) is 1. The van der Waals surface area contributed by atoms with E-state index in [0.29, 0.717) is 17.8 Å². The number of aliphatic hydroxyl groups excluding tert-OH is 1. The molecule has 102 valence electrons. The molecule has 4 heteroatoms. The zero-order valence-electron chi connectivity index (χ0n) is 11.4. The van der Waals surface area contributed by atoms with Crippen LogP contribution in [0.2, 0.25) is 0 Å². The predicted octanol–water partition coefficient (Wildman–Crippen LogP) is 3.42. The molecule has 0 spiro atoms. The molecule has 3 nitrogen and oxygen atoms in total. The number of anilines is 1. The fraction of sp³-hybridized carbons (Fsp3) is 0.333. The molecule has 2 aromatic rings. The highest BCUT2D eigenvalue weighted by atomic mass is 19.1. The van der Waals surface area contributed by atoms with Gasteiger partial charge < -0.3 is 14.4 Å². The molecular weight excluding hydrogens is 245 g/mol. The zero-order valence-corrected chi connectivity index (χ0v) is 11.4. The minimum absolute atomic E-state index is 0.331. The Bertz CT molecular complexity index is 563. The molecule has 0 amide bonds. The molecule has 0 aliphatic rings. The van der Waals surface area contributed by atoms with Crippen molar-refractivity contribution in [1.82, 2.24) is 0 Å². The fourth-order valence-electron chi connectivity index (χ4n) is 2.01. The van der Waals surface area contributed by atoms with E-state index in [4.69, 9.17) is 4.42 Å². The van der Waals surface area contributed by atoms with Crippen molar-refractivity contribution in [1.29, 1.82) is 0 Å². The van der Waals surface area contributed by atoms with Crippen LogP contribution in [0.25, 0.3) is 0 Å². The van der Waals surface area contributed by atoms with E-state index < -0.39 is 6.10 Å². The first-order chi connectivity index (χ1) is 8.99. The van der Waals surface area contributed by atoms with Crippen LogP contribution in [0.5, 0.6) is 0 Å². The lowest BCUT2D eigenvalue weighted by Gasteiger charge is -2.20. The van der Waals surface area contributed by atoms with Crippen molar-refractivity contribution in [3.63, 3.8) is 0 Å². The first kappa shape index (κ1) is 13.6. The lowest BCUT2D eigenvalue weighted by molar-refractivity contribution is 0.199. The topological polar surface area (TPSA) is 36.6 Å². The second-order valence-electron chi connectivity index (χ2n) is 4.74. The average molecular weight is 263 g/mol. The third kappa shape index (κ3) is 2.96. The first-order valence-corrected chi connectivity index (χ1v) is 6.20. The quantitative estimate of drug-likeness (QED) is 0.918. The van der Waals surface area contributed by atoms with Crippen LogP contribution < -0.4 is 4.90 Å². The summed E-state index contributed by atoms with van der Waals surface area (Å²) in [5.41, 5.74) is 2.11. The molecule has 0 fully saturated rings. The Morgan fingerprint density at radius 1 is 1.37 bits per heavy atom. The van der Waals surface area contributed by atoms with E-state index in [-0.39, 0.29) is 5.82 Å². The van der Waals surface area contributed by atoms with E-state index in [2.05, 4.69) is 0 Å². The molecule has 0 saturated heterocycles. The van der Waals surface area contributed by atoms with Crippen LogP contribution in [0.15, 0.2) is 34.9 Å². The molecule has 0 aliphatic carbocycles. The van der Waals surface area contributed by atoms with Gasteiger partial charge in [-0.05, 0) is 37.6 Å². The molecule has 0 radical (unpaired) electrons. The van der Waals surface area contributed by atoms with E-state index >= 15 is 0 Å². The molecule has 1 aromatic heterocycles. The van der Waals surface area contributed by atoms with Gasteiger partial charge in [-0.1, -0.05) is 6.07 Å². The number of rotatable bonds is 4. The minimum atomic E-state index is -0.662. The molecule has 1 heterocycles. The van der Waals surface area contributed by atoms with Gasteiger partial charge in [0.05, 0.1) is 18.1 Å². The van der Waals surface area contributed by atoms with E-state index in [0.717, 1.165) is 11.3 Å².